The standard InChI is InChI=1S/C35H35BrN2O4/c1-24-8-12-27(13-9-24)35(40)38-18-16-32(17-19-38)42-31-14-10-26(11-15-31)23-41-33-21-28(20-29(36)22-33)25(2)34(39)37-30-6-4-3-5-7-30/h3-15,20-22,25,32H,16-19,23H2,1-2H3,(H,37,39). The highest BCUT2D eigenvalue weighted by Crippen LogP contribution is 2.28. The van der Waals surface area contributed by atoms with Gasteiger partial charge in [0.2, 0.25) is 5.91 Å². The molecule has 1 atom stereocenters. The van der Waals surface area contributed by atoms with Crippen molar-refractivity contribution in [2.75, 3.05) is 18.4 Å². The van der Waals surface area contributed by atoms with Crippen LogP contribution in [-0.4, -0.2) is 35.9 Å². The summed E-state index contributed by atoms with van der Waals surface area (Å²) in [6.45, 7) is 5.66. The second-order valence-corrected chi connectivity index (χ2v) is 11.6. The van der Waals surface area contributed by atoms with E-state index >= 15 is 0 Å². The molecule has 0 radical (unpaired) electrons. The zero-order chi connectivity index (χ0) is 29.5. The molecule has 1 aliphatic heterocycles. The largest absolute Gasteiger partial charge is 0.490 e. The molecule has 1 aliphatic rings. The first-order valence-electron chi connectivity index (χ1n) is 14.2. The Morgan fingerprint density at radius 2 is 1.60 bits per heavy atom. The number of para-hydroxylation sites is 1. The van der Waals surface area contributed by atoms with E-state index in [4.69, 9.17) is 9.47 Å². The number of amides is 2. The number of hydrogen-bond donors (Lipinski definition) is 1. The van der Waals surface area contributed by atoms with E-state index < -0.39 is 0 Å². The van der Waals surface area contributed by atoms with E-state index in [2.05, 4.69) is 21.2 Å². The molecule has 0 aromatic heterocycles. The average Bonchev–Trinajstić information content (AvgIpc) is 3.01. The van der Waals surface area contributed by atoms with Crippen molar-refractivity contribution in [3.05, 3.63) is 124 Å². The number of ether oxygens (including phenoxy) is 2. The van der Waals surface area contributed by atoms with Crippen LogP contribution >= 0.6 is 15.9 Å². The molecule has 1 N–H and O–H groups in total. The molecular weight excluding hydrogens is 592 g/mol. The summed E-state index contributed by atoms with van der Waals surface area (Å²) in [5, 5.41) is 2.96. The molecule has 5 rings (SSSR count). The number of aryl methyl sites for hydroxylation is 1. The second-order valence-electron chi connectivity index (χ2n) is 10.7. The van der Waals surface area contributed by atoms with Gasteiger partial charge in [0.05, 0.1) is 5.92 Å². The Balaban J connectivity index is 1.11. The molecule has 1 saturated heterocycles. The van der Waals surface area contributed by atoms with Gasteiger partial charge in [-0.3, -0.25) is 9.59 Å². The minimum atomic E-state index is -0.353. The maximum absolute atomic E-state index is 12.8. The summed E-state index contributed by atoms with van der Waals surface area (Å²) in [6, 6.07) is 30.9. The zero-order valence-corrected chi connectivity index (χ0v) is 25.5. The minimum absolute atomic E-state index is 0.0790. The van der Waals surface area contributed by atoms with Crippen LogP contribution in [-0.2, 0) is 11.4 Å². The zero-order valence-electron chi connectivity index (χ0n) is 23.9. The predicted molar refractivity (Wildman–Crippen MR) is 169 cm³/mol. The lowest BCUT2D eigenvalue weighted by atomic mass is 10.00. The number of piperidine rings is 1. The molecule has 4 aromatic carbocycles. The summed E-state index contributed by atoms with van der Waals surface area (Å²) in [4.78, 5) is 27.5. The molecule has 0 saturated carbocycles. The summed E-state index contributed by atoms with van der Waals surface area (Å²) in [7, 11) is 0. The molecule has 7 heteroatoms. The van der Waals surface area contributed by atoms with E-state index in [-0.39, 0.29) is 23.8 Å². The molecule has 42 heavy (non-hydrogen) atoms. The van der Waals surface area contributed by atoms with Crippen LogP contribution in [0.15, 0.2) is 102 Å². The van der Waals surface area contributed by atoms with Gasteiger partial charge in [0.1, 0.15) is 24.2 Å². The van der Waals surface area contributed by atoms with E-state index in [1.54, 1.807) is 0 Å². The SMILES string of the molecule is Cc1ccc(C(=O)N2CCC(Oc3ccc(COc4cc(Br)cc(C(C)C(=O)Nc5ccccc5)c4)cc3)CC2)cc1. The number of carbonyl (C=O) groups is 2. The molecular formula is C35H35BrN2O4. The summed E-state index contributed by atoms with van der Waals surface area (Å²) < 4.78 is 13.2. The Hall–Kier alpha value is -4.10. The number of halogens is 1. The van der Waals surface area contributed by atoms with Crippen LogP contribution in [0.25, 0.3) is 0 Å². The molecule has 6 nitrogen and oxygen atoms in total. The van der Waals surface area contributed by atoms with Crippen molar-refractivity contribution >= 4 is 33.4 Å². The number of nitrogens with zero attached hydrogens (tertiary/aromatic N) is 1. The van der Waals surface area contributed by atoms with Gasteiger partial charge in [-0.25, -0.2) is 0 Å². The summed E-state index contributed by atoms with van der Waals surface area (Å²) >= 11 is 3.56. The number of hydrogen-bond acceptors (Lipinski definition) is 4. The average molecular weight is 628 g/mol. The Bertz CT molecular complexity index is 1500. The van der Waals surface area contributed by atoms with Gasteiger partial charge in [-0.1, -0.05) is 64.0 Å². The molecule has 0 aliphatic carbocycles. The van der Waals surface area contributed by atoms with E-state index in [1.165, 1.54) is 0 Å². The lowest BCUT2D eigenvalue weighted by Crippen LogP contribution is -2.41. The topological polar surface area (TPSA) is 67.9 Å². The third-order valence-electron chi connectivity index (χ3n) is 7.49. The number of benzene rings is 4. The summed E-state index contributed by atoms with van der Waals surface area (Å²) in [5.74, 6) is 1.15. The van der Waals surface area contributed by atoms with Gasteiger partial charge in [-0.15, -0.1) is 0 Å². The molecule has 0 bridgehead atoms. The molecule has 4 aromatic rings. The molecule has 1 heterocycles. The molecule has 0 spiro atoms. The summed E-state index contributed by atoms with van der Waals surface area (Å²) in [5.41, 5.74) is 4.53. The Labute approximate surface area is 255 Å². The van der Waals surface area contributed by atoms with Crippen LogP contribution in [0.2, 0.25) is 0 Å². The van der Waals surface area contributed by atoms with Gasteiger partial charge in [0, 0.05) is 41.7 Å². The maximum atomic E-state index is 12.8. The number of carbonyl (C=O) groups excluding carboxylic acids is 2. The van der Waals surface area contributed by atoms with Crippen molar-refractivity contribution in [2.45, 2.75) is 45.3 Å². The van der Waals surface area contributed by atoms with Crippen molar-refractivity contribution in [1.82, 2.24) is 4.90 Å². The van der Waals surface area contributed by atoms with Gasteiger partial charge in [-0.2, -0.15) is 0 Å². The Morgan fingerprint density at radius 1 is 0.905 bits per heavy atom. The Morgan fingerprint density at radius 3 is 2.29 bits per heavy atom. The van der Waals surface area contributed by atoms with Crippen LogP contribution in [0.4, 0.5) is 5.69 Å². The summed E-state index contributed by atoms with van der Waals surface area (Å²) in [6.07, 6.45) is 1.68. The van der Waals surface area contributed by atoms with Gasteiger partial charge in [0.25, 0.3) is 5.91 Å². The van der Waals surface area contributed by atoms with E-state index in [0.717, 1.165) is 51.0 Å². The fourth-order valence-corrected chi connectivity index (χ4v) is 5.41. The third kappa shape index (κ3) is 7.79. The van der Waals surface area contributed by atoms with Gasteiger partial charge in [-0.05, 0) is 79.6 Å². The molecule has 1 unspecified atom stereocenters. The first-order valence-corrected chi connectivity index (χ1v) is 15.0. The number of anilines is 1. The smallest absolute Gasteiger partial charge is 0.253 e. The van der Waals surface area contributed by atoms with Crippen molar-refractivity contribution in [2.24, 2.45) is 0 Å². The quantitative estimate of drug-likeness (QED) is 0.206. The number of nitrogens with one attached hydrogen (secondary N) is 1. The molecule has 1 fully saturated rings. The first-order chi connectivity index (χ1) is 20.3. The van der Waals surface area contributed by atoms with Gasteiger partial charge < -0.3 is 19.7 Å². The normalized spacial score (nSPS) is 14.2. The fraction of sp³-hybridized carbons (Fsp3) is 0.257. The molecule has 216 valence electrons. The minimum Gasteiger partial charge on any atom is -0.490 e. The van der Waals surface area contributed by atoms with E-state index in [9.17, 15) is 9.59 Å². The highest BCUT2D eigenvalue weighted by atomic mass is 79.9. The highest BCUT2D eigenvalue weighted by Gasteiger charge is 2.25. The predicted octanol–water partition coefficient (Wildman–Crippen LogP) is 7.76. The molecule has 2 amide bonds. The van der Waals surface area contributed by atoms with Crippen LogP contribution in [0.3, 0.4) is 0 Å². The van der Waals surface area contributed by atoms with Crippen LogP contribution in [0, 0.1) is 6.92 Å². The van der Waals surface area contributed by atoms with Crippen molar-refractivity contribution in [3.8, 4) is 11.5 Å². The Kier molecular flexibility index (Phi) is 9.59. The first kappa shape index (κ1) is 29.4. The van der Waals surface area contributed by atoms with Crippen LogP contribution in [0.1, 0.15) is 52.7 Å². The van der Waals surface area contributed by atoms with Crippen molar-refractivity contribution in [1.29, 1.82) is 0 Å². The lowest BCUT2D eigenvalue weighted by molar-refractivity contribution is -0.117. The third-order valence-corrected chi connectivity index (χ3v) is 7.95. The monoisotopic (exact) mass is 626 g/mol. The highest BCUT2D eigenvalue weighted by molar-refractivity contribution is 9.10. The number of rotatable bonds is 9. The lowest BCUT2D eigenvalue weighted by Gasteiger charge is -2.32. The van der Waals surface area contributed by atoms with Gasteiger partial charge in [0.15, 0.2) is 0 Å². The fourth-order valence-electron chi connectivity index (χ4n) is 4.92. The van der Waals surface area contributed by atoms with E-state index in [1.807, 2.05) is 116 Å². The number of likely N-dealkylation sites (tertiary alicyclic amines) is 1. The van der Waals surface area contributed by atoms with Crippen molar-refractivity contribution < 1.29 is 19.1 Å². The van der Waals surface area contributed by atoms with Crippen LogP contribution < -0.4 is 14.8 Å². The maximum Gasteiger partial charge on any atom is 0.253 e. The second kappa shape index (κ2) is 13.7. The van der Waals surface area contributed by atoms with Gasteiger partial charge >= 0.3 is 0 Å². The van der Waals surface area contributed by atoms with E-state index in [0.29, 0.717) is 25.4 Å². The van der Waals surface area contributed by atoms with Crippen LogP contribution in [0.5, 0.6) is 11.5 Å². The van der Waals surface area contributed by atoms with Crippen molar-refractivity contribution in [3.63, 3.8) is 0 Å².